The van der Waals surface area contributed by atoms with Crippen LogP contribution in [-0.4, -0.2) is 53.0 Å². The van der Waals surface area contributed by atoms with Crippen LogP contribution in [0.2, 0.25) is 0 Å². The lowest BCUT2D eigenvalue weighted by Gasteiger charge is -2.32. The van der Waals surface area contributed by atoms with Crippen LogP contribution in [-0.2, 0) is 15.7 Å². The number of hydroxylamine groups is 2. The van der Waals surface area contributed by atoms with Crippen molar-refractivity contribution in [2.45, 2.75) is 84.7 Å². The average Bonchev–Trinajstić information content (AvgIpc) is 2.76. The van der Waals surface area contributed by atoms with Gasteiger partial charge in [0, 0.05) is 12.0 Å². The van der Waals surface area contributed by atoms with Crippen LogP contribution in [0.3, 0.4) is 0 Å². The van der Waals surface area contributed by atoms with Crippen LogP contribution in [0, 0.1) is 0 Å². The largest absolute Gasteiger partial charge is 0.498 e. The first-order valence-electron chi connectivity index (χ1n) is 9.91. The summed E-state index contributed by atoms with van der Waals surface area (Å²) in [6.07, 6.45) is 0.743. The van der Waals surface area contributed by atoms with Crippen molar-refractivity contribution in [1.82, 2.24) is 5.06 Å². The van der Waals surface area contributed by atoms with Crippen molar-refractivity contribution < 1.29 is 24.4 Å². The molecule has 2 N–H and O–H groups in total. The van der Waals surface area contributed by atoms with E-state index in [1.54, 1.807) is 27.9 Å². The highest BCUT2D eigenvalue weighted by molar-refractivity contribution is 6.63. The molecule has 1 aromatic rings. The standard InChI is InChI=1S/C17H26BNO4.C4H10O/c1-11-12-7-8-14(21-6)15(13(12)9-10-19(11)20)18-22-16(2,3)17(4,5)23-18;1-4(2,3)5/h7-8,11,20H,9-10H2,1-6H3;5H,1-3H3/t11-;/m1./s1. The minimum atomic E-state index is -0.500. The van der Waals surface area contributed by atoms with Crippen LogP contribution < -0.4 is 10.2 Å². The Labute approximate surface area is 169 Å². The predicted octanol–water partition coefficient (Wildman–Crippen LogP) is 3.08. The fraction of sp³-hybridized carbons (Fsp3) is 0.714. The van der Waals surface area contributed by atoms with Gasteiger partial charge in [-0.05, 0) is 79.0 Å². The molecule has 2 heterocycles. The van der Waals surface area contributed by atoms with Gasteiger partial charge in [-0.3, -0.25) is 0 Å². The summed E-state index contributed by atoms with van der Waals surface area (Å²) in [5, 5.41) is 19.9. The van der Waals surface area contributed by atoms with Gasteiger partial charge in [0.1, 0.15) is 5.75 Å². The van der Waals surface area contributed by atoms with Gasteiger partial charge in [0.2, 0.25) is 0 Å². The topological polar surface area (TPSA) is 71.4 Å². The zero-order valence-corrected chi connectivity index (χ0v) is 18.8. The molecule has 2 aliphatic heterocycles. The van der Waals surface area contributed by atoms with E-state index in [1.807, 2.05) is 46.8 Å². The Hall–Kier alpha value is -1.12. The highest BCUT2D eigenvalue weighted by atomic mass is 16.7. The highest BCUT2D eigenvalue weighted by Crippen LogP contribution is 2.39. The number of methoxy groups -OCH3 is 1. The van der Waals surface area contributed by atoms with E-state index in [-0.39, 0.29) is 6.04 Å². The summed E-state index contributed by atoms with van der Waals surface area (Å²) < 4.78 is 18.1. The number of nitrogens with zero attached hydrogens (tertiary/aromatic N) is 1. The third kappa shape index (κ3) is 4.89. The molecule has 28 heavy (non-hydrogen) atoms. The molecule has 7 heteroatoms. The highest BCUT2D eigenvalue weighted by Gasteiger charge is 2.53. The first-order chi connectivity index (χ1) is 12.7. The van der Waals surface area contributed by atoms with Gasteiger partial charge in [0.15, 0.2) is 0 Å². The van der Waals surface area contributed by atoms with Crippen molar-refractivity contribution >= 4 is 12.6 Å². The molecular formula is C21H36BNO5. The minimum absolute atomic E-state index is 0.0502. The molecule has 1 atom stereocenters. The van der Waals surface area contributed by atoms with E-state index >= 15 is 0 Å². The summed E-state index contributed by atoms with van der Waals surface area (Å²) in [5.41, 5.74) is 1.94. The van der Waals surface area contributed by atoms with Crippen LogP contribution in [0.5, 0.6) is 5.75 Å². The molecule has 158 valence electrons. The molecule has 3 rings (SSSR count). The van der Waals surface area contributed by atoms with Gasteiger partial charge in [0.05, 0.1) is 30.0 Å². The molecule has 0 radical (unpaired) electrons. The Morgan fingerprint density at radius 1 is 1.14 bits per heavy atom. The molecule has 2 aliphatic rings. The van der Waals surface area contributed by atoms with Crippen molar-refractivity contribution in [3.63, 3.8) is 0 Å². The fourth-order valence-electron chi connectivity index (χ4n) is 3.31. The fourth-order valence-corrected chi connectivity index (χ4v) is 3.31. The van der Waals surface area contributed by atoms with Gasteiger partial charge in [0.25, 0.3) is 0 Å². The molecule has 1 saturated heterocycles. The molecule has 0 saturated carbocycles. The number of hydrogen-bond donors (Lipinski definition) is 2. The van der Waals surface area contributed by atoms with Crippen LogP contribution in [0.25, 0.3) is 0 Å². The average molecular weight is 393 g/mol. The molecule has 0 unspecified atom stereocenters. The van der Waals surface area contributed by atoms with Crippen molar-refractivity contribution in [2.24, 2.45) is 0 Å². The maximum Gasteiger partial charge on any atom is 0.498 e. The first-order valence-corrected chi connectivity index (χ1v) is 9.91. The Kier molecular flexibility index (Phi) is 6.58. The lowest BCUT2D eigenvalue weighted by molar-refractivity contribution is -0.127. The lowest BCUT2D eigenvalue weighted by atomic mass is 9.71. The van der Waals surface area contributed by atoms with Crippen molar-refractivity contribution in [3.8, 4) is 5.75 Å². The Morgan fingerprint density at radius 2 is 1.64 bits per heavy atom. The zero-order chi connectivity index (χ0) is 21.5. The zero-order valence-electron chi connectivity index (χ0n) is 18.8. The smallest absolute Gasteiger partial charge is 0.497 e. The number of rotatable bonds is 2. The van der Waals surface area contributed by atoms with Crippen LogP contribution in [0.4, 0.5) is 0 Å². The van der Waals surface area contributed by atoms with Crippen molar-refractivity contribution in [2.75, 3.05) is 13.7 Å². The monoisotopic (exact) mass is 393 g/mol. The van der Waals surface area contributed by atoms with Gasteiger partial charge in [-0.25, -0.2) is 0 Å². The van der Waals surface area contributed by atoms with E-state index in [9.17, 15) is 5.21 Å². The van der Waals surface area contributed by atoms with E-state index < -0.39 is 23.9 Å². The quantitative estimate of drug-likeness (QED) is 0.753. The van der Waals surface area contributed by atoms with Crippen molar-refractivity contribution in [1.29, 1.82) is 0 Å². The number of hydrogen-bond acceptors (Lipinski definition) is 6. The predicted molar refractivity (Wildman–Crippen MR) is 111 cm³/mol. The molecule has 0 aromatic heterocycles. The van der Waals surface area contributed by atoms with E-state index in [4.69, 9.17) is 19.2 Å². The Morgan fingerprint density at radius 3 is 2.11 bits per heavy atom. The van der Waals surface area contributed by atoms with Crippen LogP contribution >= 0.6 is 0 Å². The number of ether oxygens (including phenoxy) is 1. The van der Waals surface area contributed by atoms with Crippen molar-refractivity contribution in [3.05, 3.63) is 23.3 Å². The molecule has 0 aliphatic carbocycles. The minimum Gasteiger partial charge on any atom is -0.497 e. The van der Waals surface area contributed by atoms with E-state index in [1.165, 1.54) is 10.6 Å². The number of fused-ring (bicyclic) bond motifs is 1. The van der Waals surface area contributed by atoms with Gasteiger partial charge >= 0.3 is 7.12 Å². The van der Waals surface area contributed by atoms with E-state index in [2.05, 4.69) is 0 Å². The summed E-state index contributed by atoms with van der Waals surface area (Å²) in [6.45, 7) is 16.0. The molecular weight excluding hydrogens is 357 g/mol. The molecule has 1 aromatic carbocycles. The third-order valence-corrected chi connectivity index (χ3v) is 5.55. The SMILES string of the molecule is CC(C)(C)O.COc1ccc2c(c1B1OC(C)(C)C(C)(C)O1)CCN(O)[C@@H]2C. The Bertz CT molecular complexity index is 677. The summed E-state index contributed by atoms with van der Waals surface area (Å²) in [7, 11) is 1.21. The van der Waals surface area contributed by atoms with E-state index in [0.717, 1.165) is 23.2 Å². The molecule has 6 nitrogen and oxygen atoms in total. The second kappa shape index (κ2) is 7.96. The second-order valence-electron chi connectivity index (χ2n) is 9.60. The summed E-state index contributed by atoms with van der Waals surface area (Å²) in [6, 6.07) is 3.91. The summed E-state index contributed by atoms with van der Waals surface area (Å²) >= 11 is 0. The molecule has 0 bridgehead atoms. The normalized spacial score (nSPS) is 23.7. The summed E-state index contributed by atoms with van der Waals surface area (Å²) in [4.78, 5) is 0. The van der Waals surface area contributed by atoms with Gasteiger partial charge in [-0.1, -0.05) is 6.07 Å². The van der Waals surface area contributed by atoms with Gasteiger partial charge < -0.3 is 24.4 Å². The number of benzene rings is 1. The third-order valence-electron chi connectivity index (χ3n) is 5.55. The van der Waals surface area contributed by atoms with Crippen LogP contribution in [0.1, 0.15) is 72.6 Å². The maximum absolute atomic E-state index is 10.0. The first kappa shape index (κ1) is 23.2. The Balaban J connectivity index is 0.000000500. The van der Waals surface area contributed by atoms with Gasteiger partial charge in [-0.2, -0.15) is 5.06 Å². The summed E-state index contributed by atoms with van der Waals surface area (Å²) in [5.74, 6) is 0.779. The molecule has 0 amide bonds. The second-order valence-corrected chi connectivity index (χ2v) is 9.60. The molecule has 0 spiro atoms. The van der Waals surface area contributed by atoms with Gasteiger partial charge in [-0.15, -0.1) is 0 Å². The van der Waals surface area contributed by atoms with E-state index in [0.29, 0.717) is 6.54 Å². The maximum atomic E-state index is 10.0. The van der Waals surface area contributed by atoms with Crippen LogP contribution in [0.15, 0.2) is 12.1 Å². The number of aliphatic hydroxyl groups is 1. The molecule has 1 fully saturated rings. The lowest BCUT2D eigenvalue weighted by Crippen LogP contribution is -2.42.